The van der Waals surface area contributed by atoms with E-state index in [-0.39, 0.29) is 18.5 Å². The van der Waals surface area contributed by atoms with Crippen LogP contribution in [0, 0.1) is 0 Å². The molecule has 0 heterocycles. The number of hydrogen-bond acceptors (Lipinski definition) is 4. The highest BCUT2D eigenvalue weighted by Gasteiger charge is 2.00. The number of benzene rings is 3. The van der Waals surface area contributed by atoms with Gasteiger partial charge in [0.1, 0.15) is 6.29 Å². The first-order chi connectivity index (χ1) is 12.5. The summed E-state index contributed by atoms with van der Waals surface area (Å²) < 4.78 is 0. The van der Waals surface area contributed by atoms with Crippen molar-refractivity contribution in [1.29, 1.82) is 0 Å². The molecule has 0 radical (unpaired) electrons. The van der Waals surface area contributed by atoms with E-state index < -0.39 is 5.97 Å². The van der Waals surface area contributed by atoms with E-state index in [2.05, 4.69) is 5.32 Å². The highest BCUT2D eigenvalue weighted by atomic mass is 16.4. The van der Waals surface area contributed by atoms with Gasteiger partial charge in [-0.05, 0) is 40.6 Å². The van der Waals surface area contributed by atoms with Crippen LogP contribution in [-0.4, -0.2) is 23.3 Å². The Kier molecular flexibility index (Phi) is 8.35. The van der Waals surface area contributed by atoms with E-state index in [0.29, 0.717) is 11.3 Å². The van der Waals surface area contributed by atoms with Gasteiger partial charge in [-0.15, -0.1) is 0 Å². The number of nitrogens with one attached hydrogen (secondary N) is 1. The molecule has 3 rings (SSSR count). The third-order valence-electron chi connectivity index (χ3n) is 3.54. The van der Waals surface area contributed by atoms with Gasteiger partial charge in [-0.1, -0.05) is 42.5 Å². The summed E-state index contributed by atoms with van der Waals surface area (Å²) in [5.74, 6) is -0.908. The number of aliphatic carboxylic acids is 1. The zero-order valence-corrected chi connectivity index (χ0v) is 15.0. The number of aldehydes is 1. The number of carbonyl (C=O) groups excluding carboxylic acids is 2. The summed E-state index contributed by atoms with van der Waals surface area (Å²) in [5.41, 5.74) is 2.15. The van der Waals surface area contributed by atoms with Crippen LogP contribution in [0.5, 0.6) is 0 Å². The van der Waals surface area contributed by atoms with Crippen molar-refractivity contribution in [3.05, 3.63) is 77.9 Å². The minimum atomic E-state index is -0.791. The second kappa shape index (κ2) is 10.5. The minimum Gasteiger partial charge on any atom is -0.481 e. The lowest BCUT2D eigenvalue weighted by Crippen LogP contribution is -2.05. The SMILES string of the molecule is CC(=O)Nc1ccc(C=O)cc1.N.O=C(O)Cc1ccc2ccccc2c1. The number of carboxylic acids is 1. The predicted molar refractivity (Wildman–Crippen MR) is 106 cm³/mol. The molecule has 0 aliphatic rings. The number of anilines is 1. The normalized spacial score (nSPS) is 9.37. The standard InChI is InChI=1S/C12H10O2.C9H9NO2.H3N/c13-12(14)8-9-5-6-10-3-1-2-4-11(10)7-9;1-7(12)10-9-4-2-8(6-11)3-5-9;/h1-7H,8H2,(H,13,14);2-6H,1H3,(H,10,12);1H3. The number of fused-ring (bicyclic) bond motifs is 1. The lowest BCUT2D eigenvalue weighted by atomic mass is 10.1. The summed E-state index contributed by atoms with van der Waals surface area (Å²) in [6.45, 7) is 1.44. The molecule has 0 atom stereocenters. The van der Waals surface area contributed by atoms with Crippen LogP contribution in [0.15, 0.2) is 66.7 Å². The van der Waals surface area contributed by atoms with Crippen LogP contribution in [0.1, 0.15) is 22.8 Å². The smallest absolute Gasteiger partial charge is 0.307 e. The monoisotopic (exact) mass is 366 g/mol. The van der Waals surface area contributed by atoms with Crippen LogP contribution in [-0.2, 0) is 16.0 Å². The molecule has 0 aliphatic heterocycles. The number of rotatable bonds is 4. The maximum atomic E-state index is 10.6. The second-order valence-electron chi connectivity index (χ2n) is 5.67. The molecule has 0 bridgehead atoms. The summed E-state index contributed by atoms with van der Waals surface area (Å²) in [6, 6.07) is 20.3. The molecule has 0 saturated carbocycles. The fourth-order valence-electron chi connectivity index (χ4n) is 2.37. The number of carboxylic acid groups (broad SMARTS) is 1. The Morgan fingerprint density at radius 3 is 2.15 bits per heavy atom. The van der Waals surface area contributed by atoms with E-state index in [4.69, 9.17) is 5.11 Å². The highest BCUT2D eigenvalue weighted by molar-refractivity contribution is 5.89. The van der Waals surface area contributed by atoms with Gasteiger partial charge in [0.05, 0.1) is 6.42 Å². The first-order valence-electron chi connectivity index (χ1n) is 8.00. The van der Waals surface area contributed by atoms with Gasteiger partial charge in [0.15, 0.2) is 0 Å². The Morgan fingerprint density at radius 1 is 0.963 bits per heavy atom. The van der Waals surface area contributed by atoms with Gasteiger partial charge in [0, 0.05) is 18.2 Å². The summed E-state index contributed by atoms with van der Waals surface area (Å²) in [6.07, 6.45) is 0.850. The van der Waals surface area contributed by atoms with Crippen molar-refractivity contribution in [2.45, 2.75) is 13.3 Å². The van der Waals surface area contributed by atoms with Crippen molar-refractivity contribution in [3.8, 4) is 0 Å². The Hall–Kier alpha value is -3.51. The lowest BCUT2D eigenvalue weighted by molar-refractivity contribution is -0.136. The van der Waals surface area contributed by atoms with Crippen molar-refractivity contribution in [1.82, 2.24) is 6.15 Å². The molecule has 1 amide bonds. The third-order valence-corrected chi connectivity index (χ3v) is 3.54. The first-order valence-corrected chi connectivity index (χ1v) is 8.00. The van der Waals surface area contributed by atoms with Gasteiger partial charge < -0.3 is 16.6 Å². The molecular formula is C21H22N2O4. The summed E-state index contributed by atoms with van der Waals surface area (Å²) in [7, 11) is 0. The van der Waals surface area contributed by atoms with E-state index >= 15 is 0 Å². The molecule has 5 N–H and O–H groups in total. The van der Waals surface area contributed by atoms with Gasteiger partial charge in [0.2, 0.25) is 5.91 Å². The highest BCUT2D eigenvalue weighted by Crippen LogP contribution is 2.15. The van der Waals surface area contributed by atoms with Gasteiger partial charge >= 0.3 is 5.97 Å². The van der Waals surface area contributed by atoms with Crippen molar-refractivity contribution >= 4 is 34.6 Å². The largest absolute Gasteiger partial charge is 0.481 e. The maximum Gasteiger partial charge on any atom is 0.307 e. The Labute approximate surface area is 157 Å². The van der Waals surface area contributed by atoms with Gasteiger partial charge in [0.25, 0.3) is 0 Å². The zero-order chi connectivity index (χ0) is 18.9. The Bertz CT molecular complexity index is 921. The van der Waals surface area contributed by atoms with Gasteiger partial charge in [-0.25, -0.2) is 0 Å². The van der Waals surface area contributed by atoms with Crippen molar-refractivity contribution in [2.24, 2.45) is 0 Å². The van der Waals surface area contributed by atoms with E-state index in [1.165, 1.54) is 6.92 Å². The summed E-state index contributed by atoms with van der Waals surface area (Å²) in [4.78, 5) is 31.3. The Morgan fingerprint density at radius 2 is 1.59 bits per heavy atom. The van der Waals surface area contributed by atoms with Crippen LogP contribution in [0.3, 0.4) is 0 Å². The van der Waals surface area contributed by atoms with Crippen LogP contribution < -0.4 is 11.5 Å². The molecule has 27 heavy (non-hydrogen) atoms. The molecule has 0 unspecified atom stereocenters. The maximum absolute atomic E-state index is 10.6. The number of carbonyl (C=O) groups is 3. The molecule has 3 aromatic rings. The van der Waals surface area contributed by atoms with Crippen LogP contribution in [0.2, 0.25) is 0 Å². The average molecular weight is 366 g/mol. The fourth-order valence-corrected chi connectivity index (χ4v) is 2.37. The van der Waals surface area contributed by atoms with Crippen molar-refractivity contribution < 1.29 is 19.5 Å². The predicted octanol–water partition coefficient (Wildman–Crippen LogP) is 4.09. The van der Waals surface area contributed by atoms with Crippen LogP contribution in [0.25, 0.3) is 10.8 Å². The molecule has 0 saturated heterocycles. The molecule has 0 aliphatic carbocycles. The number of hydrogen-bond donors (Lipinski definition) is 3. The topological polar surface area (TPSA) is 118 Å². The van der Waals surface area contributed by atoms with Gasteiger partial charge in [-0.2, -0.15) is 0 Å². The number of amides is 1. The van der Waals surface area contributed by atoms with Gasteiger partial charge in [-0.3, -0.25) is 14.4 Å². The fraction of sp³-hybridized carbons (Fsp3) is 0.0952. The van der Waals surface area contributed by atoms with E-state index in [0.717, 1.165) is 22.6 Å². The van der Waals surface area contributed by atoms with E-state index in [1.807, 2.05) is 42.5 Å². The molecule has 6 nitrogen and oxygen atoms in total. The first kappa shape index (κ1) is 21.5. The average Bonchev–Trinajstić information content (AvgIpc) is 2.62. The molecule has 140 valence electrons. The molecule has 0 fully saturated rings. The van der Waals surface area contributed by atoms with Crippen molar-refractivity contribution in [2.75, 3.05) is 5.32 Å². The molecule has 0 aromatic heterocycles. The quantitative estimate of drug-likeness (QED) is 0.601. The minimum absolute atomic E-state index is 0. The van der Waals surface area contributed by atoms with E-state index in [1.54, 1.807) is 24.3 Å². The van der Waals surface area contributed by atoms with Crippen molar-refractivity contribution in [3.63, 3.8) is 0 Å². The molecule has 0 spiro atoms. The molecule has 6 heteroatoms. The van der Waals surface area contributed by atoms with Crippen LogP contribution >= 0.6 is 0 Å². The third kappa shape index (κ3) is 7.09. The molecule has 3 aromatic carbocycles. The van der Waals surface area contributed by atoms with Crippen LogP contribution in [0.4, 0.5) is 5.69 Å². The molecular weight excluding hydrogens is 344 g/mol. The summed E-state index contributed by atoms with van der Waals surface area (Å²) >= 11 is 0. The van der Waals surface area contributed by atoms with E-state index in [9.17, 15) is 14.4 Å². The Balaban J connectivity index is 0.000000264. The summed E-state index contributed by atoms with van der Waals surface area (Å²) in [5, 5.41) is 13.5. The zero-order valence-electron chi connectivity index (χ0n) is 15.0. The lowest BCUT2D eigenvalue weighted by Gasteiger charge is -2.00. The second-order valence-corrected chi connectivity index (χ2v) is 5.67.